The van der Waals surface area contributed by atoms with Gasteiger partial charge >= 0.3 is 0 Å². The van der Waals surface area contributed by atoms with Crippen molar-refractivity contribution in [3.63, 3.8) is 0 Å². The maximum atomic E-state index is 5.72. The predicted molar refractivity (Wildman–Crippen MR) is 78.3 cm³/mol. The molecule has 6 heteroatoms. The van der Waals surface area contributed by atoms with E-state index in [2.05, 4.69) is 28.4 Å². The standard InChI is InChI=1S/C15H20N4O2/c1-11(16-9-15-17-10-19(2)18-15)12-4-5-13-14(8-12)21-7-3-6-20-13/h4-5,8,10-11,16H,3,6-7,9H2,1-2H3. The number of nitrogens with zero attached hydrogens (tertiary/aromatic N) is 3. The topological polar surface area (TPSA) is 61.2 Å². The summed E-state index contributed by atoms with van der Waals surface area (Å²) in [6, 6.07) is 6.28. The number of rotatable bonds is 4. The second kappa shape index (κ2) is 6.13. The van der Waals surface area contributed by atoms with Crippen LogP contribution < -0.4 is 14.8 Å². The fourth-order valence-corrected chi connectivity index (χ4v) is 2.28. The number of ether oxygens (including phenoxy) is 2. The van der Waals surface area contributed by atoms with E-state index in [1.807, 2.05) is 19.2 Å². The molecule has 1 aliphatic rings. The average molecular weight is 288 g/mol. The van der Waals surface area contributed by atoms with Gasteiger partial charge in [0.15, 0.2) is 17.3 Å². The lowest BCUT2D eigenvalue weighted by molar-refractivity contribution is 0.297. The number of aryl methyl sites for hydroxylation is 1. The van der Waals surface area contributed by atoms with Crippen LogP contribution in [0.1, 0.15) is 30.8 Å². The molecule has 0 saturated heterocycles. The zero-order valence-electron chi connectivity index (χ0n) is 12.4. The summed E-state index contributed by atoms with van der Waals surface area (Å²) in [6.07, 6.45) is 2.62. The quantitative estimate of drug-likeness (QED) is 0.930. The molecule has 112 valence electrons. The molecule has 0 bridgehead atoms. The first-order chi connectivity index (χ1) is 10.2. The van der Waals surface area contributed by atoms with Crippen LogP contribution in [-0.2, 0) is 13.6 Å². The molecule has 0 amide bonds. The summed E-state index contributed by atoms with van der Waals surface area (Å²) < 4.78 is 13.1. The normalized spacial score (nSPS) is 15.5. The molecule has 1 aromatic heterocycles. The van der Waals surface area contributed by atoms with Gasteiger partial charge in [0.05, 0.1) is 19.8 Å². The molecular formula is C15H20N4O2. The van der Waals surface area contributed by atoms with Crippen molar-refractivity contribution in [1.82, 2.24) is 20.1 Å². The predicted octanol–water partition coefficient (Wildman–Crippen LogP) is 1.83. The van der Waals surface area contributed by atoms with Crippen LogP contribution in [0.2, 0.25) is 0 Å². The SMILES string of the molecule is CC(NCc1ncn(C)n1)c1ccc2c(c1)OCCCO2. The summed E-state index contributed by atoms with van der Waals surface area (Å²) in [4.78, 5) is 4.21. The molecule has 1 unspecified atom stereocenters. The molecule has 0 aliphatic carbocycles. The van der Waals surface area contributed by atoms with Gasteiger partial charge in [-0.1, -0.05) is 6.07 Å². The Bertz CT molecular complexity index is 611. The number of hydrogen-bond donors (Lipinski definition) is 1. The van der Waals surface area contributed by atoms with Crippen molar-refractivity contribution < 1.29 is 9.47 Å². The second-order valence-electron chi connectivity index (χ2n) is 5.19. The molecule has 2 heterocycles. The van der Waals surface area contributed by atoms with E-state index in [0.717, 1.165) is 29.3 Å². The van der Waals surface area contributed by atoms with Gasteiger partial charge in [0.2, 0.25) is 0 Å². The zero-order chi connectivity index (χ0) is 14.7. The Kier molecular flexibility index (Phi) is 4.06. The third-order valence-corrected chi connectivity index (χ3v) is 3.48. The molecule has 0 saturated carbocycles. The molecule has 1 N–H and O–H groups in total. The van der Waals surface area contributed by atoms with Gasteiger partial charge in [-0.3, -0.25) is 4.68 Å². The van der Waals surface area contributed by atoms with Gasteiger partial charge in [0.25, 0.3) is 0 Å². The molecule has 1 aliphatic heterocycles. The van der Waals surface area contributed by atoms with Crippen molar-refractivity contribution in [2.24, 2.45) is 7.05 Å². The largest absolute Gasteiger partial charge is 0.490 e. The number of fused-ring (bicyclic) bond motifs is 1. The van der Waals surface area contributed by atoms with Crippen molar-refractivity contribution >= 4 is 0 Å². The molecule has 2 aromatic rings. The van der Waals surface area contributed by atoms with Crippen molar-refractivity contribution in [3.8, 4) is 11.5 Å². The van der Waals surface area contributed by atoms with Crippen LogP contribution in [0, 0.1) is 0 Å². The third-order valence-electron chi connectivity index (χ3n) is 3.48. The van der Waals surface area contributed by atoms with Crippen LogP contribution in [0.25, 0.3) is 0 Å². The highest BCUT2D eigenvalue weighted by Gasteiger charge is 2.13. The van der Waals surface area contributed by atoms with Crippen LogP contribution in [-0.4, -0.2) is 28.0 Å². The maximum Gasteiger partial charge on any atom is 0.164 e. The second-order valence-corrected chi connectivity index (χ2v) is 5.19. The third kappa shape index (κ3) is 3.33. The number of aromatic nitrogens is 3. The molecule has 0 radical (unpaired) electrons. The van der Waals surface area contributed by atoms with E-state index in [1.165, 1.54) is 0 Å². The van der Waals surface area contributed by atoms with Crippen molar-refractivity contribution in [1.29, 1.82) is 0 Å². The Morgan fingerprint density at radius 2 is 2.10 bits per heavy atom. The number of hydrogen-bond acceptors (Lipinski definition) is 5. The minimum atomic E-state index is 0.186. The van der Waals surface area contributed by atoms with E-state index in [4.69, 9.17) is 9.47 Å². The summed E-state index contributed by atoms with van der Waals surface area (Å²) in [5.74, 6) is 2.45. The van der Waals surface area contributed by atoms with Gasteiger partial charge < -0.3 is 14.8 Å². The van der Waals surface area contributed by atoms with E-state index in [-0.39, 0.29) is 6.04 Å². The lowest BCUT2D eigenvalue weighted by Crippen LogP contribution is -2.19. The highest BCUT2D eigenvalue weighted by molar-refractivity contribution is 5.44. The summed E-state index contributed by atoms with van der Waals surface area (Å²) in [5.41, 5.74) is 1.16. The fourth-order valence-electron chi connectivity index (χ4n) is 2.28. The van der Waals surface area contributed by atoms with Gasteiger partial charge in [0, 0.05) is 19.5 Å². The van der Waals surface area contributed by atoms with Gasteiger partial charge in [-0.15, -0.1) is 0 Å². The van der Waals surface area contributed by atoms with Gasteiger partial charge in [0.1, 0.15) is 6.33 Å². The lowest BCUT2D eigenvalue weighted by atomic mass is 10.1. The minimum absolute atomic E-state index is 0.186. The highest BCUT2D eigenvalue weighted by Crippen LogP contribution is 2.32. The molecular weight excluding hydrogens is 268 g/mol. The van der Waals surface area contributed by atoms with Crippen molar-refractivity contribution in [2.45, 2.75) is 25.9 Å². The monoisotopic (exact) mass is 288 g/mol. The van der Waals surface area contributed by atoms with E-state index >= 15 is 0 Å². The van der Waals surface area contributed by atoms with Crippen molar-refractivity contribution in [3.05, 3.63) is 35.9 Å². The first-order valence-corrected chi connectivity index (χ1v) is 7.20. The van der Waals surface area contributed by atoms with Crippen LogP contribution >= 0.6 is 0 Å². The molecule has 3 rings (SSSR count). The van der Waals surface area contributed by atoms with Crippen LogP contribution in [0.15, 0.2) is 24.5 Å². The Labute approximate surface area is 124 Å². The maximum absolute atomic E-state index is 5.72. The summed E-state index contributed by atoms with van der Waals surface area (Å²) in [5, 5.41) is 7.67. The van der Waals surface area contributed by atoms with E-state index in [9.17, 15) is 0 Å². The molecule has 1 atom stereocenters. The van der Waals surface area contributed by atoms with Crippen LogP contribution in [0.4, 0.5) is 0 Å². The van der Waals surface area contributed by atoms with Crippen LogP contribution in [0.5, 0.6) is 11.5 Å². The highest BCUT2D eigenvalue weighted by atomic mass is 16.5. The Morgan fingerprint density at radius 1 is 1.29 bits per heavy atom. The Morgan fingerprint density at radius 3 is 2.86 bits per heavy atom. The van der Waals surface area contributed by atoms with Gasteiger partial charge in [-0.25, -0.2) is 4.98 Å². The number of benzene rings is 1. The first kappa shape index (κ1) is 13.9. The fraction of sp³-hybridized carbons (Fsp3) is 0.467. The summed E-state index contributed by atoms with van der Waals surface area (Å²) in [7, 11) is 1.86. The van der Waals surface area contributed by atoms with Gasteiger partial charge in [-0.05, 0) is 24.6 Å². The average Bonchev–Trinajstić information content (AvgIpc) is 2.77. The Balaban J connectivity index is 1.66. The minimum Gasteiger partial charge on any atom is -0.490 e. The Hall–Kier alpha value is -2.08. The van der Waals surface area contributed by atoms with Crippen molar-refractivity contribution in [2.75, 3.05) is 13.2 Å². The molecule has 0 spiro atoms. The molecule has 0 fully saturated rings. The first-order valence-electron chi connectivity index (χ1n) is 7.20. The summed E-state index contributed by atoms with van der Waals surface area (Å²) >= 11 is 0. The lowest BCUT2D eigenvalue weighted by Gasteiger charge is -2.15. The zero-order valence-corrected chi connectivity index (χ0v) is 12.4. The van der Waals surface area contributed by atoms with E-state index in [0.29, 0.717) is 19.8 Å². The molecule has 21 heavy (non-hydrogen) atoms. The van der Waals surface area contributed by atoms with E-state index < -0.39 is 0 Å². The van der Waals surface area contributed by atoms with E-state index in [1.54, 1.807) is 11.0 Å². The number of nitrogens with one attached hydrogen (secondary N) is 1. The molecule has 6 nitrogen and oxygen atoms in total. The van der Waals surface area contributed by atoms with Gasteiger partial charge in [-0.2, -0.15) is 5.10 Å². The smallest absolute Gasteiger partial charge is 0.164 e. The van der Waals surface area contributed by atoms with Crippen LogP contribution in [0.3, 0.4) is 0 Å². The summed E-state index contributed by atoms with van der Waals surface area (Å²) in [6.45, 7) is 4.17. The molecule has 1 aromatic carbocycles.